The van der Waals surface area contributed by atoms with Crippen molar-refractivity contribution in [2.45, 2.75) is 57.5 Å². The largest absolute Gasteiger partial charge is 0.369 e. The van der Waals surface area contributed by atoms with Gasteiger partial charge >= 0.3 is 0 Å². The van der Waals surface area contributed by atoms with Crippen molar-refractivity contribution >= 4 is 24.0 Å². The number of anilines is 1. The summed E-state index contributed by atoms with van der Waals surface area (Å²) < 4.78 is 0. The first-order chi connectivity index (χ1) is 21.9. The molecular formula is C37H48N6O2. The zero-order valence-corrected chi connectivity index (χ0v) is 26.8. The second-order valence-electron chi connectivity index (χ2n) is 12.6. The van der Waals surface area contributed by atoms with Gasteiger partial charge in [-0.05, 0) is 53.6 Å². The van der Waals surface area contributed by atoms with Crippen LogP contribution < -0.4 is 16.0 Å². The Bertz CT molecular complexity index is 1420. The molecule has 2 fully saturated rings. The molecule has 1 saturated carbocycles. The number of nitrogens with one attached hydrogen (secondary N) is 1. The molecule has 238 valence electrons. The fourth-order valence-electron chi connectivity index (χ4n) is 6.79. The highest BCUT2D eigenvalue weighted by atomic mass is 16.1. The third-order valence-electron chi connectivity index (χ3n) is 9.51. The maximum absolute atomic E-state index is 11.1. The van der Waals surface area contributed by atoms with Gasteiger partial charge in [0.25, 0.3) is 0 Å². The Hall–Kier alpha value is -4.17. The van der Waals surface area contributed by atoms with Crippen LogP contribution in [-0.4, -0.2) is 67.8 Å². The van der Waals surface area contributed by atoms with E-state index in [2.05, 4.69) is 82.5 Å². The quantitative estimate of drug-likeness (QED) is 0.347. The number of amides is 2. The number of nitrogens with zero attached hydrogens (tertiary/aromatic N) is 4. The molecule has 1 saturated heterocycles. The normalized spacial score (nSPS) is 20.6. The lowest BCUT2D eigenvalue weighted by atomic mass is 9.76. The molecule has 8 nitrogen and oxygen atoms in total. The first kappa shape index (κ1) is 32.2. The zero-order valence-electron chi connectivity index (χ0n) is 26.8. The third-order valence-corrected chi connectivity index (χ3v) is 9.51. The SMILES string of the molecule is C[C@@H]1CCCCC1c1ccc(CN2C(N3CCN(C)CC3)=NCc3ccccc32)cc1.NC(=O)C(CNC=O)c1ccccc1. The second kappa shape index (κ2) is 15.7. The van der Waals surface area contributed by atoms with Gasteiger partial charge in [0.1, 0.15) is 0 Å². The first-order valence-corrected chi connectivity index (χ1v) is 16.4. The fraction of sp³-hybridized carbons (Fsp3) is 0.432. The van der Waals surface area contributed by atoms with Gasteiger partial charge < -0.3 is 25.8 Å². The van der Waals surface area contributed by atoms with Crippen LogP contribution >= 0.6 is 0 Å². The van der Waals surface area contributed by atoms with Crippen molar-refractivity contribution in [2.75, 3.05) is 44.7 Å². The molecule has 6 rings (SSSR count). The van der Waals surface area contributed by atoms with Crippen LogP contribution in [0.3, 0.4) is 0 Å². The van der Waals surface area contributed by atoms with Crippen LogP contribution in [0.2, 0.25) is 0 Å². The highest BCUT2D eigenvalue weighted by Crippen LogP contribution is 2.37. The van der Waals surface area contributed by atoms with Crippen molar-refractivity contribution in [1.82, 2.24) is 15.1 Å². The highest BCUT2D eigenvalue weighted by Gasteiger charge is 2.28. The minimum absolute atomic E-state index is 0.239. The fourth-order valence-corrected chi connectivity index (χ4v) is 6.79. The minimum atomic E-state index is -0.457. The van der Waals surface area contributed by atoms with Crippen molar-refractivity contribution in [1.29, 1.82) is 0 Å². The molecule has 2 amide bonds. The van der Waals surface area contributed by atoms with Gasteiger partial charge in [-0.25, -0.2) is 4.99 Å². The number of para-hydroxylation sites is 1. The van der Waals surface area contributed by atoms with Crippen LogP contribution in [0.4, 0.5) is 5.69 Å². The molecule has 3 atom stereocenters. The number of benzene rings is 3. The van der Waals surface area contributed by atoms with E-state index in [1.54, 1.807) is 0 Å². The van der Waals surface area contributed by atoms with Gasteiger partial charge in [-0.15, -0.1) is 0 Å². The maximum Gasteiger partial charge on any atom is 0.226 e. The molecule has 2 aliphatic heterocycles. The van der Waals surface area contributed by atoms with E-state index in [4.69, 9.17) is 10.7 Å². The van der Waals surface area contributed by atoms with Crippen LogP contribution in [0.5, 0.6) is 0 Å². The summed E-state index contributed by atoms with van der Waals surface area (Å²) in [6.07, 6.45) is 6.06. The van der Waals surface area contributed by atoms with Gasteiger partial charge in [-0.2, -0.15) is 0 Å². The Morgan fingerprint density at radius 1 is 0.956 bits per heavy atom. The van der Waals surface area contributed by atoms with Gasteiger partial charge in [0, 0.05) is 38.4 Å². The maximum atomic E-state index is 11.1. The molecule has 0 bridgehead atoms. The number of hydrogen-bond acceptors (Lipinski definition) is 6. The number of carbonyl (C=O) groups excluding carboxylic acids is 2. The van der Waals surface area contributed by atoms with E-state index in [1.165, 1.54) is 48.1 Å². The van der Waals surface area contributed by atoms with Gasteiger partial charge in [0.15, 0.2) is 0 Å². The molecule has 0 spiro atoms. The summed E-state index contributed by atoms with van der Waals surface area (Å²) in [5, 5.41) is 2.45. The average molecular weight is 609 g/mol. The Morgan fingerprint density at radius 2 is 1.64 bits per heavy atom. The topological polar surface area (TPSA) is 94.3 Å². The molecule has 0 radical (unpaired) electrons. The van der Waals surface area contributed by atoms with E-state index in [0.717, 1.165) is 62.6 Å². The molecule has 3 aromatic rings. The van der Waals surface area contributed by atoms with E-state index in [0.29, 0.717) is 6.41 Å². The number of piperazine rings is 1. The minimum Gasteiger partial charge on any atom is -0.369 e. The number of hydrogen-bond donors (Lipinski definition) is 2. The van der Waals surface area contributed by atoms with E-state index in [-0.39, 0.29) is 6.54 Å². The molecule has 45 heavy (non-hydrogen) atoms. The van der Waals surface area contributed by atoms with E-state index in [1.807, 2.05) is 30.3 Å². The Labute approximate surface area is 268 Å². The van der Waals surface area contributed by atoms with Gasteiger partial charge in [0.2, 0.25) is 18.3 Å². The van der Waals surface area contributed by atoms with E-state index >= 15 is 0 Å². The van der Waals surface area contributed by atoms with Crippen molar-refractivity contribution in [3.8, 4) is 0 Å². The molecule has 0 aromatic heterocycles. The summed E-state index contributed by atoms with van der Waals surface area (Å²) in [7, 11) is 2.21. The summed E-state index contributed by atoms with van der Waals surface area (Å²) >= 11 is 0. The number of guanidine groups is 1. The van der Waals surface area contributed by atoms with Crippen molar-refractivity contribution in [3.63, 3.8) is 0 Å². The Morgan fingerprint density at radius 3 is 2.33 bits per heavy atom. The lowest BCUT2D eigenvalue weighted by Gasteiger charge is -2.41. The molecule has 2 heterocycles. The zero-order chi connectivity index (χ0) is 31.6. The van der Waals surface area contributed by atoms with Crippen LogP contribution in [0.15, 0.2) is 83.9 Å². The van der Waals surface area contributed by atoms with Crippen LogP contribution in [0.1, 0.15) is 66.7 Å². The number of carbonyl (C=O) groups is 2. The second-order valence-corrected chi connectivity index (χ2v) is 12.6. The van der Waals surface area contributed by atoms with Crippen LogP contribution in [0.25, 0.3) is 0 Å². The Balaban J connectivity index is 0.000000241. The molecule has 2 unspecified atom stereocenters. The standard InChI is InChI=1S/C27H36N4.C10H12N2O2/c1-21-7-3-5-9-25(21)23-13-11-22(12-14-23)20-31-26-10-6-4-8-24(26)19-28-27(31)30-17-15-29(2)16-18-30;11-10(14)9(6-12-7-13)8-4-2-1-3-5-8/h4,6,8,10-14,21,25H,3,5,7,9,15-20H2,1-2H3;1-5,7,9H,6H2,(H2,11,14)(H,12,13)/t21-,25?;/m1./s1. The molecule has 8 heteroatoms. The van der Waals surface area contributed by atoms with Crippen molar-refractivity contribution in [2.24, 2.45) is 16.6 Å². The number of fused-ring (bicyclic) bond motifs is 1. The highest BCUT2D eigenvalue weighted by molar-refractivity contribution is 5.98. The number of primary amides is 1. The van der Waals surface area contributed by atoms with Crippen LogP contribution in [0, 0.1) is 5.92 Å². The lowest BCUT2D eigenvalue weighted by Crippen LogP contribution is -2.53. The van der Waals surface area contributed by atoms with Crippen LogP contribution in [-0.2, 0) is 22.7 Å². The van der Waals surface area contributed by atoms with E-state index < -0.39 is 11.8 Å². The number of nitrogens with two attached hydrogens (primary N) is 1. The smallest absolute Gasteiger partial charge is 0.226 e. The molecular weight excluding hydrogens is 560 g/mol. The van der Waals surface area contributed by atoms with Crippen molar-refractivity contribution < 1.29 is 9.59 Å². The summed E-state index contributed by atoms with van der Waals surface area (Å²) in [5.74, 6) is 1.80. The van der Waals surface area contributed by atoms with Gasteiger partial charge in [0.05, 0.1) is 19.0 Å². The summed E-state index contributed by atoms with van der Waals surface area (Å²) in [6, 6.07) is 27.4. The third kappa shape index (κ3) is 8.31. The molecule has 3 N–H and O–H groups in total. The monoisotopic (exact) mass is 608 g/mol. The number of aliphatic imine (C=N–C) groups is 1. The Kier molecular flexibility index (Phi) is 11.3. The average Bonchev–Trinajstić information content (AvgIpc) is 3.07. The number of likely N-dealkylation sites (N-methyl/N-ethyl adjacent to an activating group) is 1. The van der Waals surface area contributed by atoms with E-state index in [9.17, 15) is 9.59 Å². The predicted octanol–water partition coefficient (Wildman–Crippen LogP) is 5.11. The predicted molar refractivity (Wildman–Crippen MR) is 182 cm³/mol. The summed E-state index contributed by atoms with van der Waals surface area (Å²) in [6.45, 7) is 8.63. The first-order valence-electron chi connectivity index (χ1n) is 16.4. The molecule has 3 aliphatic rings. The molecule has 1 aliphatic carbocycles. The van der Waals surface area contributed by atoms with Crippen molar-refractivity contribution in [3.05, 3.63) is 101 Å². The van der Waals surface area contributed by atoms with Gasteiger partial charge in [-0.1, -0.05) is 99.0 Å². The number of rotatable bonds is 8. The summed E-state index contributed by atoms with van der Waals surface area (Å²) in [5.41, 5.74) is 11.6. The lowest BCUT2D eigenvalue weighted by molar-refractivity contribution is -0.119. The summed E-state index contributed by atoms with van der Waals surface area (Å²) in [4.78, 5) is 33.6. The van der Waals surface area contributed by atoms with Gasteiger partial charge in [-0.3, -0.25) is 9.59 Å². The molecule has 3 aromatic carbocycles.